The minimum absolute atomic E-state index is 0.234. The van der Waals surface area contributed by atoms with Crippen molar-refractivity contribution in [1.82, 2.24) is 4.90 Å². The number of benzene rings is 2. The molecule has 31 heavy (non-hydrogen) atoms. The van der Waals surface area contributed by atoms with Gasteiger partial charge in [-0.2, -0.15) is 0 Å². The predicted molar refractivity (Wildman–Crippen MR) is 124 cm³/mol. The molecule has 1 amide bonds. The van der Waals surface area contributed by atoms with Crippen LogP contribution in [0.5, 0.6) is 0 Å². The number of Topliss-reactive ketones (excluding diaryl/α,β-unsaturated/α-hetero) is 1. The van der Waals surface area contributed by atoms with E-state index in [1.54, 1.807) is 0 Å². The van der Waals surface area contributed by atoms with Crippen LogP contribution >= 0.6 is 0 Å². The van der Waals surface area contributed by atoms with Crippen LogP contribution in [-0.2, 0) is 30.6 Å². The third kappa shape index (κ3) is 4.31. The zero-order chi connectivity index (χ0) is 21.2. The highest BCUT2D eigenvalue weighted by atomic mass is 16.2. The third-order valence-electron chi connectivity index (χ3n) is 7.18. The lowest BCUT2D eigenvalue weighted by molar-refractivity contribution is -0.118. The van der Waals surface area contributed by atoms with Crippen molar-refractivity contribution in [3.05, 3.63) is 64.2 Å². The van der Waals surface area contributed by atoms with Crippen molar-refractivity contribution in [1.29, 1.82) is 0 Å². The highest BCUT2D eigenvalue weighted by Crippen LogP contribution is 2.37. The van der Waals surface area contributed by atoms with Crippen LogP contribution in [0.4, 0.5) is 5.69 Å². The molecule has 0 spiro atoms. The first-order valence-electron chi connectivity index (χ1n) is 12.0. The maximum atomic E-state index is 12.8. The van der Waals surface area contributed by atoms with Gasteiger partial charge in [-0.15, -0.1) is 0 Å². The average Bonchev–Trinajstić information content (AvgIpc) is 3.11. The van der Waals surface area contributed by atoms with E-state index in [2.05, 4.69) is 41.3 Å². The van der Waals surface area contributed by atoms with Gasteiger partial charge in [0.05, 0.1) is 5.69 Å². The number of aryl methyl sites for hydroxylation is 2. The molecular formula is C27H32N2O2. The average molecular weight is 417 g/mol. The van der Waals surface area contributed by atoms with Crippen LogP contribution in [0, 0.1) is 0 Å². The van der Waals surface area contributed by atoms with Crippen LogP contribution in [0.15, 0.2) is 36.4 Å². The number of amides is 1. The van der Waals surface area contributed by atoms with Crippen LogP contribution in [-0.4, -0.2) is 36.2 Å². The molecule has 2 aromatic rings. The Morgan fingerprint density at radius 2 is 1.65 bits per heavy atom. The van der Waals surface area contributed by atoms with Crippen molar-refractivity contribution < 1.29 is 9.59 Å². The SMILES string of the molecule is O=C(CCCCCN1CCCc2ccccc2C1)c1cc2c3c(c1)CCN3C(=O)CC2. The van der Waals surface area contributed by atoms with E-state index in [1.165, 1.54) is 41.6 Å². The summed E-state index contributed by atoms with van der Waals surface area (Å²) in [6, 6.07) is 12.9. The molecule has 3 heterocycles. The number of ketones is 1. The Labute approximate surface area is 185 Å². The second kappa shape index (κ2) is 8.96. The van der Waals surface area contributed by atoms with E-state index in [9.17, 15) is 9.59 Å². The Morgan fingerprint density at radius 3 is 2.52 bits per heavy atom. The number of nitrogens with zero attached hydrogens (tertiary/aromatic N) is 2. The van der Waals surface area contributed by atoms with Gasteiger partial charge in [-0.25, -0.2) is 0 Å². The highest BCUT2D eigenvalue weighted by molar-refractivity contribution is 6.02. The molecule has 0 bridgehead atoms. The maximum absolute atomic E-state index is 12.8. The molecule has 4 nitrogen and oxygen atoms in total. The molecule has 0 saturated carbocycles. The molecule has 162 valence electrons. The first-order chi connectivity index (χ1) is 15.2. The summed E-state index contributed by atoms with van der Waals surface area (Å²) in [6.07, 6.45) is 8.50. The van der Waals surface area contributed by atoms with Gasteiger partial charge >= 0.3 is 0 Å². The van der Waals surface area contributed by atoms with Gasteiger partial charge in [0.25, 0.3) is 0 Å². The lowest BCUT2D eigenvalue weighted by Gasteiger charge is -2.25. The lowest BCUT2D eigenvalue weighted by atomic mass is 9.94. The number of unbranched alkanes of at least 4 members (excludes halogenated alkanes) is 2. The molecule has 0 atom stereocenters. The van der Waals surface area contributed by atoms with Gasteiger partial charge in [0.1, 0.15) is 0 Å². The topological polar surface area (TPSA) is 40.6 Å². The van der Waals surface area contributed by atoms with Crippen molar-refractivity contribution in [2.45, 2.75) is 64.3 Å². The van der Waals surface area contributed by atoms with E-state index >= 15 is 0 Å². The molecule has 0 N–H and O–H groups in total. The molecule has 3 aliphatic heterocycles. The van der Waals surface area contributed by atoms with Gasteiger partial charge in [-0.05, 0) is 86.0 Å². The summed E-state index contributed by atoms with van der Waals surface area (Å²) in [7, 11) is 0. The zero-order valence-corrected chi connectivity index (χ0v) is 18.4. The third-order valence-corrected chi connectivity index (χ3v) is 7.18. The second-order valence-corrected chi connectivity index (χ2v) is 9.32. The second-order valence-electron chi connectivity index (χ2n) is 9.32. The number of hydrogen-bond acceptors (Lipinski definition) is 3. The largest absolute Gasteiger partial charge is 0.312 e. The van der Waals surface area contributed by atoms with Crippen LogP contribution in [0.25, 0.3) is 0 Å². The number of carbonyl (C=O) groups excluding carboxylic acids is 2. The van der Waals surface area contributed by atoms with E-state index in [0.29, 0.717) is 12.8 Å². The molecule has 5 rings (SSSR count). The van der Waals surface area contributed by atoms with Crippen molar-refractivity contribution >= 4 is 17.4 Å². The fourth-order valence-electron chi connectivity index (χ4n) is 5.52. The first-order valence-corrected chi connectivity index (χ1v) is 12.0. The first kappa shape index (κ1) is 20.4. The minimum Gasteiger partial charge on any atom is -0.312 e. The van der Waals surface area contributed by atoms with Gasteiger partial charge in [0.15, 0.2) is 5.78 Å². The summed E-state index contributed by atoms with van der Waals surface area (Å²) in [5.41, 5.74) is 7.34. The molecule has 0 unspecified atom stereocenters. The normalized spacial score (nSPS) is 17.9. The fraction of sp³-hybridized carbons (Fsp3) is 0.481. The van der Waals surface area contributed by atoms with E-state index in [1.807, 2.05) is 4.90 Å². The van der Waals surface area contributed by atoms with Crippen LogP contribution in [0.3, 0.4) is 0 Å². The molecule has 0 radical (unpaired) electrons. The van der Waals surface area contributed by atoms with Gasteiger partial charge in [-0.3, -0.25) is 14.5 Å². The summed E-state index contributed by atoms with van der Waals surface area (Å²) in [5.74, 6) is 0.497. The molecule has 0 aromatic heterocycles. The number of anilines is 1. The summed E-state index contributed by atoms with van der Waals surface area (Å²) in [4.78, 5) is 29.4. The van der Waals surface area contributed by atoms with Crippen molar-refractivity contribution in [3.8, 4) is 0 Å². The van der Waals surface area contributed by atoms with Gasteiger partial charge in [0, 0.05) is 31.5 Å². The highest BCUT2D eigenvalue weighted by Gasteiger charge is 2.31. The maximum Gasteiger partial charge on any atom is 0.227 e. The van der Waals surface area contributed by atoms with Crippen LogP contribution in [0.1, 0.15) is 71.1 Å². The molecule has 3 aliphatic rings. The minimum atomic E-state index is 0.234. The Balaban J connectivity index is 1.10. The Bertz CT molecular complexity index is 997. The van der Waals surface area contributed by atoms with E-state index in [-0.39, 0.29) is 11.7 Å². The summed E-state index contributed by atoms with van der Waals surface area (Å²) >= 11 is 0. The van der Waals surface area contributed by atoms with Crippen LogP contribution < -0.4 is 4.90 Å². The Hall–Kier alpha value is -2.46. The summed E-state index contributed by atoms with van der Waals surface area (Å²) < 4.78 is 0. The standard InChI is InChI=1S/C27H32N2O2/c30-25(24-17-21-11-12-26(31)29-16-13-22(18-24)27(21)29)10-2-1-5-14-28-15-6-9-20-7-3-4-8-23(20)19-28/h3-4,7-8,17-18H,1-2,5-6,9-16,19H2. The monoisotopic (exact) mass is 416 g/mol. The Kier molecular flexibility index (Phi) is 5.91. The number of fused-ring (bicyclic) bond motifs is 1. The fourth-order valence-corrected chi connectivity index (χ4v) is 5.52. The predicted octanol–water partition coefficient (Wildman–Crippen LogP) is 4.71. The molecular weight excluding hydrogens is 384 g/mol. The summed E-state index contributed by atoms with van der Waals surface area (Å²) in [6.45, 7) is 4.13. The number of rotatable bonds is 7. The molecule has 4 heteroatoms. The van der Waals surface area contributed by atoms with Crippen molar-refractivity contribution in [2.24, 2.45) is 0 Å². The van der Waals surface area contributed by atoms with Crippen LogP contribution in [0.2, 0.25) is 0 Å². The van der Waals surface area contributed by atoms with Gasteiger partial charge in [-0.1, -0.05) is 30.7 Å². The van der Waals surface area contributed by atoms with E-state index in [0.717, 1.165) is 63.0 Å². The lowest BCUT2D eigenvalue weighted by Crippen LogP contribution is -2.32. The molecule has 0 aliphatic carbocycles. The number of carbonyl (C=O) groups is 2. The quantitative estimate of drug-likeness (QED) is 0.485. The number of hydrogen-bond donors (Lipinski definition) is 0. The van der Waals surface area contributed by atoms with Gasteiger partial charge < -0.3 is 4.90 Å². The molecule has 0 fully saturated rings. The molecule has 2 aromatic carbocycles. The Morgan fingerprint density at radius 1 is 0.839 bits per heavy atom. The van der Waals surface area contributed by atoms with E-state index in [4.69, 9.17) is 0 Å². The van der Waals surface area contributed by atoms with Crippen molar-refractivity contribution in [3.63, 3.8) is 0 Å². The van der Waals surface area contributed by atoms with Crippen molar-refractivity contribution in [2.75, 3.05) is 24.5 Å². The smallest absolute Gasteiger partial charge is 0.227 e. The summed E-state index contributed by atoms with van der Waals surface area (Å²) in [5, 5.41) is 0. The molecule has 0 saturated heterocycles. The van der Waals surface area contributed by atoms with E-state index < -0.39 is 0 Å². The zero-order valence-electron chi connectivity index (χ0n) is 18.4. The van der Waals surface area contributed by atoms with Gasteiger partial charge in [0.2, 0.25) is 5.91 Å².